The number of hydrogen-bond donors (Lipinski definition) is 1. The molecule has 4 rings (SSSR count). The van der Waals surface area contributed by atoms with Crippen LogP contribution in [0.5, 0.6) is 11.5 Å². The van der Waals surface area contributed by atoms with Gasteiger partial charge in [0.25, 0.3) is 0 Å². The molecule has 1 aliphatic rings. The van der Waals surface area contributed by atoms with Gasteiger partial charge in [-0.3, -0.25) is 0 Å². The van der Waals surface area contributed by atoms with Crippen LogP contribution in [-0.4, -0.2) is 76.6 Å². The zero-order valence-electron chi connectivity index (χ0n) is 23.7. The second-order valence-electron chi connectivity index (χ2n) is 10.1. The highest BCUT2D eigenvalue weighted by molar-refractivity contribution is 7.89. The first-order valence-corrected chi connectivity index (χ1v) is 16.1. The number of aliphatic hydroxyl groups is 1. The average Bonchev–Trinajstić information content (AvgIpc) is 2.97. The van der Waals surface area contributed by atoms with Gasteiger partial charge in [-0.1, -0.05) is 37.0 Å². The predicted molar refractivity (Wildman–Crippen MR) is 156 cm³/mol. The van der Waals surface area contributed by atoms with Gasteiger partial charge in [-0.25, -0.2) is 21.2 Å². The van der Waals surface area contributed by atoms with E-state index in [1.807, 2.05) is 6.07 Å². The van der Waals surface area contributed by atoms with E-state index >= 15 is 0 Å². The Labute approximate surface area is 246 Å². The van der Waals surface area contributed by atoms with Gasteiger partial charge in [-0.15, -0.1) is 0 Å². The number of likely N-dealkylation sites (N-methyl/N-ethyl adjacent to an activating group) is 1. The number of ether oxygens (including phenoxy) is 2. The van der Waals surface area contributed by atoms with Crippen LogP contribution < -0.4 is 9.47 Å². The van der Waals surface area contributed by atoms with Crippen molar-refractivity contribution in [3.63, 3.8) is 0 Å². The van der Waals surface area contributed by atoms with Gasteiger partial charge in [0.05, 0.1) is 20.3 Å². The summed E-state index contributed by atoms with van der Waals surface area (Å²) in [6.07, 6.45) is -0.833. The molecule has 0 bridgehead atoms. The number of rotatable bonds is 7. The van der Waals surface area contributed by atoms with E-state index in [0.717, 1.165) is 10.4 Å². The summed E-state index contributed by atoms with van der Waals surface area (Å²) in [4.78, 5) is -0.606. The number of methoxy groups -OCH3 is 1. The first-order chi connectivity index (χ1) is 19.9. The van der Waals surface area contributed by atoms with Crippen LogP contribution in [-0.2, 0) is 20.0 Å². The minimum atomic E-state index is -4.23. The smallest absolute Gasteiger partial charge is 0.247 e. The van der Waals surface area contributed by atoms with Gasteiger partial charge < -0.3 is 14.6 Å². The molecule has 1 heterocycles. The van der Waals surface area contributed by atoms with E-state index in [2.05, 4.69) is 11.8 Å². The maximum absolute atomic E-state index is 14.4. The summed E-state index contributed by atoms with van der Waals surface area (Å²) in [6.45, 7) is 2.67. The van der Waals surface area contributed by atoms with Crippen molar-refractivity contribution in [1.82, 2.24) is 8.61 Å². The molecule has 1 aliphatic heterocycles. The molecule has 0 spiro atoms. The molecule has 0 saturated carbocycles. The van der Waals surface area contributed by atoms with Crippen LogP contribution in [0, 0.1) is 23.6 Å². The Morgan fingerprint density at radius 2 is 1.81 bits per heavy atom. The molecule has 3 aromatic carbocycles. The number of nitrogens with zero attached hydrogens (tertiary/aromatic N) is 2. The molecule has 1 N–H and O–H groups in total. The number of halogens is 1. The van der Waals surface area contributed by atoms with Crippen molar-refractivity contribution < 1.29 is 35.8 Å². The monoisotopic (exact) mass is 616 g/mol. The highest BCUT2D eigenvalue weighted by atomic mass is 32.2. The summed E-state index contributed by atoms with van der Waals surface area (Å²) in [6, 6.07) is 15.9. The van der Waals surface area contributed by atoms with Crippen molar-refractivity contribution in [1.29, 1.82) is 0 Å². The zero-order valence-corrected chi connectivity index (χ0v) is 25.3. The van der Waals surface area contributed by atoms with Crippen LogP contribution in [0.25, 0.3) is 0 Å². The highest BCUT2D eigenvalue weighted by Gasteiger charge is 2.39. The summed E-state index contributed by atoms with van der Waals surface area (Å²) in [5, 5.41) is 9.86. The van der Waals surface area contributed by atoms with E-state index in [9.17, 15) is 26.3 Å². The molecule has 0 aromatic heterocycles. The molecule has 0 aliphatic carbocycles. The van der Waals surface area contributed by atoms with E-state index in [1.165, 1.54) is 41.7 Å². The quantitative estimate of drug-likeness (QED) is 0.405. The fourth-order valence-corrected chi connectivity index (χ4v) is 7.61. The van der Waals surface area contributed by atoms with Crippen molar-refractivity contribution >= 4 is 20.0 Å². The van der Waals surface area contributed by atoms with E-state index < -0.39 is 55.4 Å². The third-order valence-electron chi connectivity index (χ3n) is 7.05. The van der Waals surface area contributed by atoms with E-state index in [4.69, 9.17) is 9.47 Å². The minimum Gasteiger partial charge on any atom is -0.497 e. The van der Waals surface area contributed by atoms with Crippen molar-refractivity contribution in [2.75, 3.05) is 33.9 Å². The first-order valence-electron chi connectivity index (χ1n) is 13.2. The van der Waals surface area contributed by atoms with Crippen molar-refractivity contribution in [2.24, 2.45) is 5.92 Å². The maximum Gasteiger partial charge on any atom is 0.247 e. The average molecular weight is 617 g/mol. The third kappa shape index (κ3) is 6.61. The maximum atomic E-state index is 14.4. The number of hydrogen-bond acceptors (Lipinski definition) is 7. The summed E-state index contributed by atoms with van der Waals surface area (Å²) in [7, 11) is -5.46. The van der Waals surface area contributed by atoms with Crippen molar-refractivity contribution in [3.8, 4) is 23.3 Å². The van der Waals surface area contributed by atoms with Gasteiger partial charge in [-0.2, -0.15) is 8.61 Å². The molecule has 0 unspecified atom stereocenters. The van der Waals surface area contributed by atoms with E-state index in [0.29, 0.717) is 16.9 Å². The van der Waals surface area contributed by atoms with Crippen LogP contribution in [0.1, 0.15) is 25.0 Å². The van der Waals surface area contributed by atoms with Gasteiger partial charge in [0.2, 0.25) is 20.0 Å². The Kier molecular flexibility index (Phi) is 9.60. The van der Waals surface area contributed by atoms with Crippen LogP contribution in [0.3, 0.4) is 0 Å². The lowest BCUT2D eigenvalue weighted by molar-refractivity contribution is 0.0904. The molecule has 9 nitrogen and oxygen atoms in total. The molecule has 42 heavy (non-hydrogen) atoms. The van der Waals surface area contributed by atoms with Gasteiger partial charge >= 0.3 is 0 Å². The Bertz CT molecular complexity index is 1720. The largest absolute Gasteiger partial charge is 0.497 e. The standard InChI is InChI=1S/C30H33FN2O7S2/c1-21-18-33(22(2)20-34)42(37,38)30-15-14-24(13-12-23-8-7-9-25(16-23)39-4)17-27(30)40-28(21)19-32(3)41(35,36)29-11-6-5-10-26(29)31/h5-11,14-17,21-22,28,34H,18-20H2,1-4H3/t21-,22+,28+/m1/s1. The Hall–Kier alpha value is -3.47. The number of aliphatic hydroxyl groups excluding tert-OH is 1. The van der Waals surface area contributed by atoms with E-state index in [1.54, 1.807) is 45.2 Å². The lowest BCUT2D eigenvalue weighted by Gasteiger charge is -2.37. The lowest BCUT2D eigenvalue weighted by Crippen LogP contribution is -2.50. The SMILES string of the molecule is COc1cccc(C#Cc2ccc3c(c2)O[C@@H](CN(C)S(=O)(=O)c2ccccc2F)[C@H](C)CN([C@@H](C)CO)S3(=O)=O)c1. The second-order valence-corrected chi connectivity index (χ2v) is 14.0. The van der Waals surface area contributed by atoms with Gasteiger partial charge in [-0.05, 0) is 55.5 Å². The third-order valence-corrected chi connectivity index (χ3v) is 10.9. The van der Waals surface area contributed by atoms with Crippen molar-refractivity contribution in [3.05, 3.63) is 83.7 Å². The van der Waals surface area contributed by atoms with Crippen LogP contribution >= 0.6 is 0 Å². The highest BCUT2D eigenvalue weighted by Crippen LogP contribution is 2.34. The fraction of sp³-hybridized carbons (Fsp3) is 0.333. The number of benzene rings is 3. The Balaban J connectivity index is 1.75. The minimum absolute atomic E-state index is 0.00387. The molecule has 12 heteroatoms. The molecule has 0 saturated heterocycles. The second kappa shape index (κ2) is 12.8. The summed E-state index contributed by atoms with van der Waals surface area (Å²) < 4.78 is 82.0. The predicted octanol–water partition coefficient (Wildman–Crippen LogP) is 3.32. The molecule has 0 amide bonds. The molecular formula is C30H33FN2O7S2. The van der Waals surface area contributed by atoms with Gasteiger partial charge in [0.1, 0.15) is 33.2 Å². The number of sulfonamides is 2. The summed E-state index contributed by atoms with van der Waals surface area (Å²) in [5.74, 6) is 5.26. The molecule has 0 radical (unpaired) electrons. The Morgan fingerprint density at radius 3 is 2.48 bits per heavy atom. The fourth-order valence-electron chi connectivity index (χ4n) is 4.54. The van der Waals surface area contributed by atoms with Crippen LogP contribution in [0.2, 0.25) is 0 Å². The van der Waals surface area contributed by atoms with Gasteiger partial charge in [0.15, 0.2) is 0 Å². The molecule has 3 aromatic rings. The van der Waals surface area contributed by atoms with Crippen molar-refractivity contribution in [2.45, 2.75) is 35.8 Å². The van der Waals surface area contributed by atoms with Crippen LogP contribution in [0.4, 0.5) is 4.39 Å². The number of fused-ring (bicyclic) bond motifs is 1. The molecule has 224 valence electrons. The molecule has 3 atom stereocenters. The Morgan fingerprint density at radius 1 is 1.12 bits per heavy atom. The molecule has 0 fully saturated rings. The first kappa shape index (κ1) is 31.5. The van der Waals surface area contributed by atoms with E-state index in [-0.39, 0.29) is 23.7 Å². The van der Waals surface area contributed by atoms with Gasteiger partial charge in [0, 0.05) is 36.7 Å². The van der Waals surface area contributed by atoms with Crippen LogP contribution in [0.15, 0.2) is 76.5 Å². The molecular weight excluding hydrogens is 583 g/mol. The summed E-state index contributed by atoms with van der Waals surface area (Å²) >= 11 is 0. The zero-order chi connectivity index (χ0) is 30.7. The summed E-state index contributed by atoms with van der Waals surface area (Å²) in [5.41, 5.74) is 1.15. The lowest BCUT2D eigenvalue weighted by atomic mass is 10.0. The topological polar surface area (TPSA) is 113 Å². The normalized spacial score (nSPS) is 19.4.